The maximum absolute atomic E-state index is 12.0. The predicted molar refractivity (Wildman–Crippen MR) is 70.6 cm³/mol. The van der Waals surface area contributed by atoms with Crippen molar-refractivity contribution in [2.24, 2.45) is 16.7 Å². The summed E-state index contributed by atoms with van der Waals surface area (Å²) in [4.78, 5) is 12.0. The first-order valence-electron chi connectivity index (χ1n) is 7.14. The Morgan fingerprint density at radius 3 is 2.70 bits per heavy atom. The Kier molecular flexibility index (Phi) is 2.70. The summed E-state index contributed by atoms with van der Waals surface area (Å²) in [6.07, 6.45) is 1.21. The molecule has 0 unspecified atom stereocenters. The molecule has 1 saturated carbocycles. The molecular weight excluding hydrogens is 260 g/mol. The van der Waals surface area contributed by atoms with Gasteiger partial charge in [0, 0.05) is 10.8 Å². The van der Waals surface area contributed by atoms with Gasteiger partial charge in [0.25, 0.3) is 0 Å². The second kappa shape index (κ2) is 3.84. The lowest BCUT2D eigenvalue weighted by Gasteiger charge is -2.61. The lowest BCUT2D eigenvalue weighted by atomic mass is 9.49. The lowest BCUT2D eigenvalue weighted by molar-refractivity contribution is -0.244. The van der Waals surface area contributed by atoms with Crippen LogP contribution in [-0.4, -0.2) is 45.7 Å². The minimum Gasteiger partial charge on any atom is -0.457 e. The van der Waals surface area contributed by atoms with E-state index in [0.717, 1.165) is 12.0 Å². The Bertz CT molecular complexity index is 496. The first-order valence-corrected chi connectivity index (χ1v) is 7.14. The molecule has 0 aromatic heterocycles. The minimum atomic E-state index is -1.35. The second-order valence-electron chi connectivity index (χ2n) is 6.96. The van der Waals surface area contributed by atoms with Crippen LogP contribution in [-0.2, 0) is 9.53 Å². The van der Waals surface area contributed by atoms with Crippen molar-refractivity contribution in [3.05, 3.63) is 11.6 Å². The standard InChI is InChI=1S/C15H22O5/c1-8-4-5-9-13(2,7-16)14(3,19)10-6-15(8,9)11(17)12(18)20-10/h5,8,10-11,16-17,19H,4,6-7H2,1-3H3/t8-,10-,11+,13+,14+,15-/m1/s1. The molecule has 0 aromatic carbocycles. The molecule has 3 rings (SSSR count). The normalized spacial score (nSPS) is 54.2. The number of rotatable bonds is 1. The van der Waals surface area contributed by atoms with Crippen molar-refractivity contribution < 1.29 is 24.9 Å². The predicted octanol–water partition coefficient (Wildman–Crippen LogP) is 0.379. The summed E-state index contributed by atoms with van der Waals surface area (Å²) >= 11 is 0. The van der Waals surface area contributed by atoms with E-state index in [1.165, 1.54) is 0 Å². The fourth-order valence-electron chi connectivity index (χ4n) is 4.49. The molecule has 112 valence electrons. The fourth-order valence-corrected chi connectivity index (χ4v) is 4.49. The number of hydrogen-bond donors (Lipinski definition) is 3. The number of esters is 1. The molecular formula is C15H22O5. The minimum absolute atomic E-state index is 0.0878. The van der Waals surface area contributed by atoms with Gasteiger partial charge in [0.2, 0.25) is 0 Å². The summed E-state index contributed by atoms with van der Waals surface area (Å²) < 4.78 is 5.26. The van der Waals surface area contributed by atoms with E-state index in [1.807, 2.05) is 13.0 Å². The van der Waals surface area contributed by atoms with Crippen LogP contribution in [0.15, 0.2) is 11.6 Å². The van der Waals surface area contributed by atoms with Crippen LogP contribution in [0.5, 0.6) is 0 Å². The van der Waals surface area contributed by atoms with E-state index >= 15 is 0 Å². The molecule has 2 fully saturated rings. The van der Waals surface area contributed by atoms with E-state index < -0.39 is 34.6 Å². The van der Waals surface area contributed by atoms with Gasteiger partial charge in [-0.25, -0.2) is 4.79 Å². The van der Waals surface area contributed by atoms with E-state index in [1.54, 1.807) is 13.8 Å². The van der Waals surface area contributed by atoms with Gasteiger partial charge in [0.05, 0.1) is 6.61 Å². The van der Waals surface area contributed by atoms with Crippen LogP contribution >= 0.6 is 0 Å². The first kappa shape index (κ1) is 14.0. The average Bonchev–Trinajstić information content (AvgIpc) is 2.72. The van der Waals surface area contributed by atoms with Crippen LogP contribution in [0.25, 0.3) is 0 Å². The summed E-state index contributed by atoms with van der Waals surface area (Å²) in [5.74, 6) is -0.578. The van der Waals surface area contributed by atoms with Crippen LogP contribution in [0.2, 0.25) is 0 Å². The Balaban J connectivity index is 2.23. The summed E-state index contributed by atoms with van der Waals surface area (Å²) in [7, 11) is 0. The van der Waals surface area contributed by atoms with Crippen molar-refractivity contribution in [1.82, 2.24) is 0 Å². The van der Waals surface area contributed by atoms with Crippen LogP contribution in [0.3, 0.4) is 0 Å². The van der Waals surface area contributed by atoms with E-state index in [-0.39, 0.29) is 12.5 Å². The van der Waals surface area contributed by atoms with Crippen molar-refractivity contribution in [2.75, 3.05) is 6.61 Å². The third-order valence-corrected chi connectivity index (χ3v) is 6.20. The summed E-state index contributed by atoms with van der Waals surface area (Å²) in [6.45, 7) is 5.14. The molecule has 0 aromatic rings. The highest BCUT2D eigenvalue weighted by Crippen LogP contribution is 2.65. The SMILES string of the molecule is C[C@@H]1CC=C2[C@@]13C[C@@H](OC(=O)[C@@H]3O)[C@](C)(O)[C@@]2(C)CO. The van der Waals surface area contributed by atoms with Gasteiger partial charge in [-0.05, 0) is 25.7 Å². The number of ether oxygens (including phenoxy) is 1. The van der Waals surface area contributed by atoms with E-state index in [0.29, 0.717) is 6.42 Å². The van der Waals surface area contributed by atoms with Crippen LogP contribution in [0.4, 0.5) is 0 Å². The second-order valence-corrected chi connectivity index (χ2v) is 6.96. The molecule has 1 spiro atoms. The highest BCUT2D eigenvalue weighted by molar-refractivity contribution is 5.79. The summed E-state index contributed by atoms with van der Waals surface area (Å²) in [5, 5.41) is 31.2. The molecule has 20 heavy (non-hydrogen) atoms. The molecule has 3 N–H and O–H groups in total. The number of aliphatic hydroxyl groups is 3. The molecule has 2 bridgehead atoms. The van der Waals surface area contributed by atoms with Crippen molar-refractivity contribution >= 4 is 5.97 Å². The molecule has 1 saturated heterocycles. The fraction of sp³-hybridized carbons (Fsp3) is 0.800. The number of fused-ring (bicyclic) bond motifs is 1. The Hall–Kier alpha value is -0.910. The maximum Gasteiger partial charge on any atom is 0.336 e. The molecule has 0 radical (unpaired) electrons. The Morgan fingerprint density at radius 2 is 2.10 bits per heavy atom. The zero-order valence-corrected chi connectivity index (χ0v) is 12.1. The largest absolute Gasteiger partial charge is 0.457 e. The smallest absolute Gasteiger partial charge is 0.336 e. The highest BCUT2D eigenvalue weighted by atomic mass is 16.6. The maximum atomic E-state index is 12.0. The van der Waals surface area contributed by atoms with Crippen molar-refractivity contribution in [3.8, 4) is 0 Å². The van der Waals surface area contributed by atoms with E-state index in [2.05, 4.69) is 0 Å². The molecule has 2 aliphatic carbocycles. The first-order chi connectivity index (χ1) is 9.21. The van der Waals surface area contributed by atoms with Gasteiger partial charge in [0.1, 0.15) is 11.7 Å². The Morgan fingerprint density at radius 1 is 1.45 bits per heavy atom. The van der Waals surface area contributed by atoms with Gasteiger partial charge in [0.15, 0.2) is 6.10 Å². The van der Waals surface area contributed by atoms with Gasteiger partial charge in [-0.15, -0.1) is 0 Å². The topological polar surface area (TPSA) is 87.0 Å². The molecule has 3 aliphatic rings. The number of hydrogen-bond acceptors (Lipinski definition) is 5. The molecule has 1 heterocycles. The van der Waals surface area contributed by atoms with E-state index in [9.17, 15) is 20.1 Å². The lowest BCUT2D eigenvalue weighted by Crippen LogP contribution is -2.70. The van der Waals surface area contributed by atoms with Gasteiger partial charge < -0.3 is 20.1 Å². The molecule has 5 nitrogen and oxygen atoms in total. The zero-order chi connectivity index (χ0) is 14.9. The number of aliphatic hydroxyl groups excluding tert-OH is 2. The van der Waals surface area contributed by atoms with Gasteiger partial charge in [-0.2, -0.15) is 0 Å². The van der Waals surface area contributed by atoms with E-state index in [4.69, 9.17) is 4.74 Å². The zero-order valence-electron chi connectivity index (χ0n) is 12.1. The third kappa shape index (κ3) is 1.27. The molecule has 5 heteroatoms. The monoisotopic (exact) mass is 282 g/mol. The number of allylic oxidation sites excluding steroid dienone is 1. The summed E-state index contributed by atoms with van der Waals surface area (Å²) in [5.41, 5.74) is -2.16. The van der Waals surface area contributed by atoms with Gasteiger partial charge in [-0.1, -0.05) is 25.5 Å². The molecule has 6 atom stereocenters. The molecule has 1 aliphatic heterocycles. The quantitative estimate of drug-likeness (QED) is 0.478. The summed E-state index contributed by atoms with van der Waals surface area (Å²) in [6, 6.07) is 0. The average molecular weight is 282 g/mol. The van der Waals surface area contributed by atoms with Crippen molar-refractivity contribution in [1.29, 1.82) is 0 Å². The van der Waals surface area contributed by atoms with Gasteiger partial charge in [-0.3, -0.25) is 0 Å². The highest BCUT2D eigenvalue weighted by Gasteiger charge is 2.70. The Labute approximate surface area is 118 Å². The van der Waals surface area contributed by atoms with Crippen molar-refractivity contribution in [2.45, 2.75) is 51.4 Å². The van der Waals surface area contributed by atoms with Gasteiger partial charge >= 0.3 is 5.97 Å². The number of carbonyl (C=O) groups excluding carboxylic acids is 1. The molecule has 0 amide bonds. The van der Waals surface area contributed by atoms with Crippen LogP contribution < -0.4 is 0 Å². The van der Waals surface area contributed by atoms with Crippen LogP contribution in [0, 0.1) is 16.7 Å². The third-order valence-electron chi connectivity index (χ3n) is 6.20. The van der Waals surface area contributed by atoms with Crippen molar-refractivity contribution in [3.63, 3.8) is 0 Å². The van der Waals surface area contributed by atoms with Crippen LogP contribution in [0.1, 0.15) is 33.6 Å². The number of carbonyl (C=O) groups is 1.